The summed E-state index contributed by atoms with van der Waals surface area (Å²) in [4.78, 5) is 30.2. The van der Waals surface area contributed by atoms with Crippen molar-refractivity contribution in [3.05, 3.63) is 69.3 Å². The lowest BCUT2D eigenvalue weighted by Gasteiger charge is -2.24. The summed E-state index contributed by atoms with van der Waals surface area (Å²) in [5.74, 6) is -0.0208. The first-order chi connectivity index (χ1) is 14.9. The Hall–Kier alpha value is -3.15. The van der Waals surface area contributed by atoms with Gasteiger partial charge in [0.05, 0.1) is 22.5 Å². The fourth-order valence-electron chi connectivity index (χ4n) is 5.51. The van der Waals surface area contributed by atoms with Crippen molar-refractivity contribution in [2.75, 3.05) is 5.32 Å². The molecule has 1 aliphatic carbocycles. The molecule has 1 aliphatic heterocycles. The van der Waals surface area contributed by atoms with Gasteiger partial charge in [0.2, 0.25) is 0 Å². The van der Waals surface area contributed by atoms with Gasteiger partial charge in [-0.25, -0.2) is 9.78 Å². The third kappa shape index (κ3) is 3.12. The Morgan fingerprint density at radius 3 is 2.68 bits per heavy atom. The largest absolute Gasteiger partial charge is 0.478 e. The molecule has 31 heavy (non-hydrogen) atoms. The van der Waals surface area contributed by atoms with E-state index in [0.29, 0.717) is 11.1 Å². The molecule has 1 fully saturated rings. The summed E-state index contributed by atoms with van der Waals surface area (Å²) in [6.45, 7) is 4.72. The zero-order valence-corrected chi connectivity index (χ0v) is 17.9. The Morgan fingerprint density at radius 1 is 1.19 bits per heavy atom. The van der Waals surface area contributed by atoms with E-state index in [1.165, 1.54) is 12.8 Å². The van der Waals surface area contributed by atoms with Gasteiger partial charge in [0.1, 0.15) is 5.82 Å². The molecule has 160 valence electrons. The molecule has 1 spiro atoms. The number of anilines is 1. The number of aromatic carboxylic acids is 1. The van der Waals surface area contributed by atoms with Gasteiger partial charge in [0.15, 0.2) is 0 Å². The lowest BCUT2D eigenvalue weighted by atomic mass is 9.84. The first-order valence-corrected chi connectivity index (χ1v) is 11.0. The van der Waals surface area contributed by atoms with Crippen LogP contribution in [0.25, 0.3) is 10.9 Å². The fraction of sp³-hybridized carbons (Fsp3) is 0.400. The second-order valence-electron chi connectivity index (χ2n) is 9.10. The fourth-order valence-corrected chi connectivity index (χ4v) is 5.51. The van der Waals surface area contributed by atoms with Crippen molar-refractivity contribution < 1.29 is 9.90 Å². The van der Waals surface area contributed by atoms with E-state index in [9.17, 15) is 14.7 Å². The highest BCUT2D eigenvalue weighted by Crippen LogP contribution is 2.46. The number of rotatable bonds is 4. The maximum absolute atomic E-state index is 13.4. The number of carboxylic acid groups (broad SMARTS) is 1. The molecule has 0 amide bonds. The average molecular weight is 418 g/mol. The van der Waals surface area contributed by atoms with Crippen molar-refractivity contribution in [3.63, 3.8) is 0 Å². The van der Waals surface area contributed by atoms with Crippen molar-refractivity contribution in [1.82, 2.24) is 9.55 Å². The van der Waals surface area contributed by atoms with E-state index in [2.05, 4.69) is 11.4 Å². The Morgan fingerprint density at radius 2 is 1.94 bits per heavy atom. The maximum Gasteiger partial charge on any atom is 0.337 e. The van der Waals surface area contributed by atoms with Gasteiger partial charge in [-0.15, -0.1) is 0 Å². The van der Waals surface area contributed by atoms with Crippen LogP contribution >= 0.6 is 0 Å². The summed E-state index contributed by atoms with van der Waals surface area (Å²) in [7, 11) is 0. The molecule has 5 rings (SSSR count). The van der Waals surface area contributed by atoms with Crippen LogP contribution in [0.1, 0.15) is 72.4 Å². The van der Waals surface area contributed by atoms with Gasteiger partial charge in [-0.05, 0) is 56.9 Å². The van der Waals surface area contributed by atoms with Gasteiger partial charge >= 0.3 is 5.97 Å². The minimum Gasteiger partial charge on any atom is -0.478 e. The van der Waals surface area contributed by atoms with Crippen LogP contribution in [0.4, 0.5) is 5.69 Å². The number of hydrogen-bond acceptors (Lipinski definition) is 4. The Balaban J connectivity index is 1.65. The Kier molecular flexibility index (Phi) is 4.61. The van der Waals surface area contributed by atoms with E-state index in [1.807, 2.05) is 30.5 Å². The average Bonchev–Trinajstić information content (AvgIpc) is 3.37. The smallest absolute Gasteiger partial charge is 0.337 e. The molecule has 1 atom stereocenters. The van der Waals surface area contributed by atoms with Crippen molar-refractivity contribution >= 4 is 22.6 Å². The summed E-state index contributed by atoms with van der Waals surface area (Å²) < 4.78 is 1.90. The van der Waals surface area contributed by atoms with E-state index in [4.69, 9.17) is 4.98 Å². The SMILES string of the molecule is Cc1cc([C@@H](C)Nc2ccccc2C(=O)O)c2nc3n(c(=O)c2c1)CCC31CCCC1. The van der Waals surface area contributed by atoms with Crippen LogP contribution in [0.3, 0.4) is 0 Å². The standard InChI is InChI=1S/C25H27N3O3/c1-15-13-18(16(2)26-20-8-4-3-7-17(20)23(30)31)21-19(14-15)22(29)28-12-11-25(24(28)27-21)9-5-6-10-25/h3-4,7-8,13-14,16,26H,5-6,9-12H2,1-2H3,(H,30,31)/t16-/m1/s1. The molecular formula is C25H27N3O3. The van der Waals surface area contributed by atoms with Gasteiger partial charge in [-0.1, -0.05) is 31.0 Å². The van der Waals surface area contributed by atoms with Crippen LogP contribution in [0.15, 0.2) is 41.2 Å². The highest BCUT2D eigenvalue weighted by molar-refractivity contribution is 5.94. The number of carboxylic acids is 1. The van der Waals surface area contributed by atoms with Gasteiger partial charge < -0.3 is 10.4 Å². The third-order valence-electron chi connectivity index (χ3n) is 7.08. The molecule has 2 heterocycles. The summed E-state index contributed by atoms with van der Waals surface area (Å²) in [6, 6.07) is 10.7. The molecule has 2 aliphatic rings. The van der Waals surface area contributed by atoms with Gasteiger partial charge in [-0.2, -0.15) is 0 Å². The number of carbonyl (C=O) groups is 1. The van der Waals surface area contributed by atoms with Crippen molar-refractivity contribution in [3.8, 4) is 0 Å². The number of hydrogen-bond donors (Lipinski definition) is 2. The molecular weight excluding hydrogens is 390 g/mol. The summed E-state index contributed by atoms with van der Waals surface area (Å²) in [6.07, 6.45) is 5.59. The molecule has 1 aromatic heterocycles. The number of nitrogens with one attached hydrogen (secondary N) is 1. The summed E-state index contributed by atoms with van der Waals surface area (Å²) >= 11 is 0. The van der Waals surface area contributed by atoms with Crippen LogP contribution in [-0.2, 0) is 12.0 Å². The molecule has 0 unspecified atom stereocenters. The van der Waals surface area contributed by atoms with E-state index >= 15 is 0 Å². The van der Waals surface area contributed by atoms with E-state index in [0.717, 1.165) is 48.3 Å². The van der Waals surface area contributed by atoms with E-state index in [1.54, 1.807) is 18.2 Å². The topological polar surface area (TPSA) is 84.2 Å². The zero-order valence-electron chi connectivity index (χ0n) is 17.9. The van der Waals surface area contributed by atoms with Gasteiger partial charge in [0.25, 0.3) is 5.56 Å². The van der Waals surface area contributed by atoms with Crippen LogP contribution in [-0.4, -0.2) is 20.6 Å². The van der Waals surface area contributed by atoms with Gasteiger partial charge in [0, 0.05) is 23.2 Å². The lowest BCUT2D eigenvalue weighted by molar-refractivity contribution is 0.0698. The molecule has 2 N–H and O–H groups in total. The second kappa shape index (κ2) is 7.22. The number of aromatic nitrogens is 2. The quantitative estimate of drug-likeness (QED) is 0.637. The number of para-hydroxylation sites is 1. The number of nitrogens with zero attached hydrogens (tertiary/aromatic N) is 2. The summed E-state index contributed by atoms with van der Waals surface area (Å²) in [5, 5.41) is 13.5. The molecule has 3 aromatic rings. The van der Waals surface area contributed by atoms with Gasteiger partial charge in [-0.3, -0.25) is 9.36 Å². The molecule has 2 aromatic carbocycles. The van der Waals surface area contributed by atoms with Crippen LogP contribution in [0, 0.1) is 6.92 Å². The predicted molar refractivity (Wildman–Crippen MR) is 121 cm³/mol. The second-order valence-corrected chi connectivity index (χ2v) is 9.10. The minimum absolute atomic E-state index is 0.0437. The number of benzene rings is 2. The normalized spacial score (nSPS) is 17.7. The molecule has 1 saturated carbocycles. The Labute approximate surface area is 180 Å². The lowest BCUT2D eigenvalue weighted by Crippen LogP contribution is -2.27. The molecule has 0 bridgehead atoms. The first kappa shape index (κ1) is 19.8. The highest BCUT2D eigenvalue weighted by Gasteiger charge is 2.43. The van der Waals surface area contributed by atoms with Crippen LogP contribution < -0.4 is 10.9 Å². The molecule has 6 nitrogen and oxygen atoms in total. The van der Waals surface area contributed by atoms with Crippen molar-refractivity contribution in [1.29, 1.82) is 0 Å². The number of aryl methyl sites for hydroxylation is 1. The van der Waals surface area contributed by atoms with Crippen LogP contribution in [0.2, 0.25) is 0 Å². The molecule has 0 saturated heterocycles. The summed E-state index contributed by atoms with van der Waals surface area (Å²) in [5.41, 5.74) is 3.54. The number of fused-ring (bicyclic) bond motifs is 3. The molecule has 6 heteroatoms. The molecule has 0 radical (unpaired) electrons. The highest BCUT2D eigenvalue weighted by atomic mass is 16.4. The monoisotopic (exact) mass is 417 g/mol. The first-order valence-electron chi connectivity index (χ1n) is 11.0. The minimum atomic E-state index is -0.971. The van der Waals surface area contributed by atoms with E-state index < -0.39 is 5.97 Å². The maximum atomic E-state index is 13.4. The zero-order chi connectivity index (χ0) is 21.8. The predicted octanol–water partition coefficient (Wildman–Crippen LogP) is 4.79. The third-order valence-corrected chi connectivity index (χ3v) is 7.08. The Bertz CT molecular complexity index is 1250. The van der Waals surface area contributed by atoms with E-state index in [-0.39, 0.29) is 22.6 Å². The van der Waals surface area contributed by atoms with Crippen molar-refractivity contribution in [2.45, 2.75) is 64.0 Å². The van der Waals surface area contributed by atoms with Crippen LogP contribution in [0.5, 0.6) is 0 Å². The van der Waals surface area contributed by atoms with Crippen molar-refractivity contribution in [2.24, 2.45) is 0 Å².